The van der Waals surface area contributed by atoms with Gasteiger partial charge in [-0.3, -0.25) is 0 Å². The quantitative estimate of drug-likeness (QED) is 0.215. The summed E-state index contributed by atoms with van der Waals surface area (Å²) in [5.74, 6) is 0. The van der Waals surface area contributed by atoms with E-state index in [9.17, 15) is 0 Å². The third-order valence-electron chi connectivity index (χ3n) is 6.90. The third-order valence-corrected chi connectivity index (χ3v) is 6.90. The van der Waals surface area contributed by atoms with Crippen molar-refractivity contribution in [3.63, 3.8) is 0 Å². The standard InChI is InChI=1S/C34H32N/c1-35-33(25-19-27-15-21-31(22-16-27)29-9-4-2-5-10-29)13-8-14-34(35)26-20-28-17-23-32(24-18-28)30-11-6-3-7-12-30/h2-18,21-24H,19-20,25-26H2,1H3/q+1. The fourth-order valence-electron chi connectivity index (χ4n) is 4.71. The van der Waals surface area contributed by atoms with Crippen LogP contribution in [0.1, 0.15) is 22.5 Å². The van der Waals surface area contributed by atoms with E-state index in [1.165, 1.54) is 44.8 Å². The zero-order valence-electron chi connectivity index (χ0n) is 20.4. The smallest absolute Gasteiger partial charge is 0.181 e. The first kappa shape index (κ1) is 22.8. The lowest BCUT2D eigenvalue weighted by Gasteiger charge is -2.08. The highest BCUT2D eigenvalue weighted by atomic mass is 14.9. The van der Waals surface area contributed by atoms with Gasteiger partial charge >= 0.3 is 0 Å². The van der Waals surface area contributed by atoms with Gasteiger partial charge < -0.3 is 0 Å². The minimum Gasteiger partial charge on any atom is -0.202 e. The second-order valence-electron chi connectivity index (χ2n) is 9.19. The molecule has 5 aromatic rings. The summed E-state index contributed by atoms with van der Waals surface area (Å²) in [4.78, 5) is 0. The summed E-state index contributed by atoms with van der Waals surface area (Å²) in [6.07, 6.45) is 4.18. The van der Waals surface area contributed by atoms with Crippen molar-refractivity contribution < 1.29 is 4.57 Å². The lowest BCUT2D eigenvalue weighted by Crippen LogP contribution is -2.38. The Bertz CT molecular complexity index is 1250. The molecule has 1 heterocycles. The fraction of sp³-hybridized carbons (Fsp3) is 0.147. The first-order valence-electron chi connectivity index (χ1n) is 12.5. The minimum atomic E-state index is 1.04. The molecule has 0 bridgehead atoms. The first-order chi connectivity index (χ1) is 17.3. The molecule has 0 aliphatic heterocycles. The monoisotopic (exact) mass is 454 g/mol. The van der Waals surface area contributed by atoms with Gasteiger partial charge in [-0.15, -0.1) is 0 Å². The van der Waals surface area contributed by atoms with E-state index >= 15 is 0 Å². The van der Waals surface area contributed by atoms with Crippen LogP contribution in [0.3, 0.4) is 0 Å². The summed E-state index contributed by atoms with van der Waals surface area (Å²) >= 11 is 0. The van der Waals surface area contributed by atoms with Crippen LogP contribution >= 0.6 is 0 Å². The molecule has 172 valence electrons. The Morgan fingerprint density at radius 1 is 0.371 bits per heavy atom. The van der Waals surface area contributed by atoms with Crippen LogP contribution in [-0.2, 0) is 32.7 Å². The van der Waals surface area contributed by atoms with E-state index in [0.29, 0.717) is 0 Å². The highest BCUT2D eigenvalue weighted by Crippen LogP contribution is 2.21. The zero-order valence-corrected chi connectivity index (χ0v) is 20.4. The number of benzene rings is 4. The van der Waals surface area contributed by atoms with E-state index in [4.69, 9.17) is 0 Å². The molecule has 0 aliphatic carbocycles. The molecule has 0 spiro atoms. The molecule has 0 unspecified atom stereocenters. The maximum absolute atomic E-state index is 2.39. The lowest BCUT2D eigenvalue weighted by molar-refractivity contribution is -0.686. The van der Waals surface area contributed by atoms with Gasteiger partial charge in [0.25, 0.3) is 0 Å². The SMILES string of the molecule is C[n+]1c(CCc2ccc(-c3ccccc3)cc2)cccc1CCc1ccc(-c2ccccc2)cc1. The van der Waals surface area contributed by atoms with Crippen molar-refractivity contribution in [1.82, 2.24) is 0 Å². The average molecular weight is 455 g/mol. The summed E-state index contributed by atoms with van der Waals surface area (Å²) in [7, 11) is 2.21. The van der Waals surface area contributed by atoms with Gasteiger partial charge in [-0.2, -0.15) is 0 Å². The van der Waals surface area contributed by atoms with Gasteiger partial charge in [0.1, 0.15) is 7.05 Å². The van der Waals surface area contributed by atoms with Crippen LogP contribution in [0.2, 0.25) is 0 Å². The van der Waals surface area contributed by atoms with Gasteiger partial charge in [0, 0.05) is 25.0 Å². The topological polar surface area (TPSA) is 3.88 Å². The Morgan fingerprint density at radius 3 is 1.14 bits per heavy atom. The van der Waals surface area contributed by atoms with E-state index in [1.807, 2.05) is 0 Å². The summed E-state index contributed by atoms with van der Waals surface area (Å²) in [5, 5.41) is 0. The molecule has 1 nitrogen and oxygen atoms in total. The molecule has 0 saturated heterocycles. The van der Waals surface area contributed by atoms with E-state index in [2.05, 4.69) is 139 Å². The van der Waals surface area contributed by atoms with Gasteiger partial charge in [0.05, 0.1) is 0 Å². The number of rotatable bonds is 8. The normalized spacial score (nSPS) is 10.9. The number of hydrogen-bond acceptors (Lipinski definition) is 0. The molecule has 35 heavy (non-hydrogen) atoms. The molecule has 0 aliphatic rings. The summed E-state index contributed by atoms with van der Waals surface area (Å²) in [6, 6.07) is 45.9. The van der Waals surface area contributed by atoms with Crippen LogP contribution in [0.5, 0.6) is 0 Å². The van der Waals surface area contributed by atoms with Crippen molar-refractivity contribution >= 4 is 0 Å². The zero-order chi connectivity index (χ0) is 23.9. The predicted molar refractivity (Wildman–Crippen MR) is 146 cm³/mol. The molecule has 5 rings (SSSR count). The molecule has 1 aromatic heterocycles. The largest absolute Gasteiger partial charge is 0.202 e. The van der Waals surface area contributed by atoms with Crippen molar-refractivity contribution in [2.45, 2.75) is 25.7 Å². The number of nitrogens with zero attached hydrogens (tertiary/aromatic N) is 1. The van der Waals surface area contributed by atoms with Crippen LogP contribution in [0.25, 0.3) is 22.3 Å². The minimum absolute atomic E-state index is 1.04. The number of aromatic nitrogens is 1. The molecule has 0 atom stereocenters. The van der Waals surface area contributed by atoms with E-state index in [0.717, 1.165) is 25.7 Å². The summed E-state index contributed by atoms with van der Waals surface area (Å²) in [6.45, 7) is 0. The van der Waals surface area contributed by atoms with Crippen molar-refractivity contribution in [2.24, 2.45) is 7.05 Å². The number of hydrogen-bond donors (Lipinski definition) is 0. The van der Waals surface area contributed by atoms with Crippen molar-refractivity contribution in [3.05, 3.63) is 150 Å². The highest BCUT2D eigenvalue weighted by Gasteiger charge is 2.13. The van der Waals surface area contributed by atoms with Crippen molar-refractivity contribution in [3.8, 4) is 22.3 Å². The van der Waals surface area contributed by atoms with Gasteiger partial charge in [0.15, 0.2) is 11.4 Å². The third kappa shape index (κ3) is 5.75. The van der Waals surface area contributed by atoms with Crippen molar-refractivity contribution in [1.29, 1.82) is 0 Å². The predicted octanol–water partition coefficient (Wildman–Crippen LogP) is 7.42. The van der Waals surface area contributed by atoms with E-state index in [1.54, 1.807) is 0 Å². The van der Waals surface area contributed by atoms with Gasteiger partial charge in [-0.25, -0.2) is 4.57 Å². The Hall–Kier alpha value is -3.97. The second kappa shape index (κ2) is 11.0. The average Bonchev–Trinajstić information content (AvgIpc) is 2.93. The summed E-state index contributed by atoms with van der Waals surface area (Å²) in [5.41, 5.74) is 10.6. The highest BCUT2D eigenvalue weighted by molar-refractivity contribution is 5.64. The van der Waals surface area contributed by atoms with Crippen LogP contribution in [0.15, 0.2) is 127 Å². The Labute approximate surface area is 209 Å². The van der Waals surface area contributed by atoms with E-state index < -0.39 is 0 Å². The number of aryl methyl sites for hydroxylation is 4. The number of pyridine rings is 1. The Kier molecular flexibility index (Phi) is 7.15. The molecular weight excluding hydrogens is 422 g/mol. The maximum atomic E-state index is 2.39. The fourth-order valence-corrected chi connectivity index (χ4v) is 4.71. The Morgan fingerprint density at radius 2 is 0.743 bits per heavy atom. The first-order valence-corrected chi connectivity index (χ1v) is 12.5. The van der Waals surface area contributed by atoms with Crippen LogP contribution in [-0.4, -0.2) is 0 Å². The molecule has 1 heteroatoms. The molecule has 0 fully saturated rings. The van der Waals surface area contributed by atoms with Gasteiger partial charge in [-0.1, -0.05) is 109 Å². The lowest BCUT2D eigenvalue weighted by atomic mass is 10.0. The van der Waals surface area contributed by atoms with Crippen LogP contribution in [0, 0.1) is 0 Å². The van der Waals surface area contributed by atoms with Crippen LogP contribution in [0.4, 0.5) is 0 Å². The maximum Gasteiger partial charge on any atom is 0.181 e. The Balaban J connectivity index is 1.19. The van der Waals surface area contributed by atoms with Gasteiger partial charge in [-0.05, 0) is 52.3 Å². The molecule has 4 aromatic carbocycles. The molecule has 0 N–H and O–H groups in total. The second-order valence-corrected chi connectivity index (χ2v) is 9.19. The van der Waals surface area contributed by atoms with E-state index in [-0.39, 0.29) is 0 Å². The van der Waals surface area contributed by atoms with Gasteiger partial charge in [0.2, 0.25) is 0 Å². The molecule has 0 amide bonds. The molecule has 0 radical (unpaired) electrons. The van der Waals surface area contributed by atoms with Crippen molar-refractivity contribution in [2.75, 3.05) is 0 Å². The summed E-state index contributed by atoms with van der Waals surface area (Å²) < 4.78 is 2.39. The molecule has 0 saturated carbocycles. The molecular formula is C34H32N+. The van der Waals surface area contributed by atoms with Crippen LogP contribution < -0.4 is 4.57 Å².